The fourth-order valence-electron chi connectivity index (χ4n) is 3.58. The molecule has 0 saturated carbocycles. The number of thioether (sulfide) groups is 1. The molecule has 2 heterocycles. The van der Waals surface area contributed by atoms with Gasteiger partial charge in [-0.3, -0.25) is 4.79 Å². The Hall–Kier alpha value is -2.43. The molecule has 1 aliphatic heterocycles. The highest BCUT2D eigenvalue weighted by Crippen LogP contribution is 2.29. The van der Waals surface area contributed by atoms with E-state index >= 15 is 0 Å². The van der Waals surface area contributed by atoms with E-state index in [4.69, 9.17) is 0 Å². The van der Waals surface area contributed by atoms with Gasteiger partial charge >= 0.3 is 0 Å². The van der Waals surface area contributed by atoms with Crippen LogP contribution in [0.4, 0.5) is 10.8 Å². The standard InChI is InChI=1S/C22H24N4O3S3/c1-16-7-5-6-10-19(16)23-21-24-25-22(31-21)30-14-20(27)26(13-17-8-3-2-4-9-17)18-11-12-32(28,29)15-18/h2-10,18H,11-15H2,1H3,(H,23,24)/t18-/m0/s1. The normalized spacial score (nSPS) is 17.2. The lowest BCUT2D eigenvalue weighted by Gasteiger charge is -2.28. The third kappa shape index (κ3) is 5.87. The molecule has 2 aromatic carbocycles. The first-order valence-electron chi connectivity index (χ1n) is 10.2. The van der Waals surface area contributed by atoms with Gasteiger partial charge in [0.2, 0.25) is 11.0 Å². The molecule has 1 fully saturated rings. The number of aromatic nitrogens is 2. The average molecular weight is 489 g/mol. The van der Waals surface area contributed by atoms with Crippen molar-refractivity contribution in [1.29, 1.82) is 0 Å². The van der Waals surface area contributed by atoms with E-state index in [1.54, 1.807) is 4.90 Å². The highest BCUT2D eigenvalue weighted by Gasteiger charge is 2.34. The van der Waals surface area contributed by atoms with Crippen LogP contribution < -0.4 is 5.32 Å². The number of nitrogens with zero attached hydrogens (tertiary/aromatic N) is 3. The summed E-state index contributed by atoms with van der Waals surface area (Å²) < 4.78 is 24.7. The van der Waals surface area contributed by atoms with Crippen LogP contribution in [0.3, 0.4) is 0 Å². The third-order valence-electron chi connectivity index (χ3n) is 5.28. The van der Waals surface area contributed by atoms with Crippen LogP contribution in [0.25, 0.3) is 0 Å². The number of anilines is 2. The summed E-state index contributed by atoms with van der Waals surface area (Å²) in [6.07, 6.45) is 0.481. The van der Waals surface area contributed by atoms with Crippen LogP contribution in [0.5, 0.6) is 0 Å². The molecule has 4 rings (SSSR count). The zero-order chi connectivity index (χ0) is 22.6. The molecule has 1 aliphatic rings. The summed E-state index contributed by atoms with van der Waals surface area (Å²) in [7, 11) is -3.09. The molecule has 1 atom stereocenters. The molecule has 1 N–H and O–H groups in total. The van der Waals surface area contributed by atoms with Gasteiger partial charge in [0.15, 0.2) is 14.2 Å². The van der Waals surface area contributed by atoms with E-state index in [1.807, 2.05) is 61.5 Å². The van der Waals surface area contributed by atoms with Crippen LogP contribution >= 0.6 is 23.1 Å². The maximum absolute atomic E-state index is 13.1. The van der Waals surface area contributed by atoms with Crippen LogP contribution in [0.1, 0.15) is 17.5 Å². The minimum absolute atomic E-state index is 0.0273. The molecule has 0 spiro atoms. The first-order chi connectivity index (χ1) is 15.4. The highest BCUT2D eigenvalue weighted by molar-refractivity contribution is 8.01. The average Bonchev–Trinajstić information content (AvgIpc) is 3.38. The second-order valence-electron chi connectivity index (χ2n) is 7.67. The molecule has 1 aromatic heterocycles. The Morgan fingerprint density at radius 2 is 1.91 bits per heavy atom. The van der Waals surface area contributed by atoms with Crippen molar-refractivity contribution in [2.24, 2.45) is 0 Å². The van der Waals surface area contributed by atoms with E-state index < -0.39 is 9.84 Å². The summed E-state index contributed by atoms with van der Waals surface area (Å²) in [5.74, 6) is 0.250. The molecule has 3 aromatic rings. The van der Waals surface area contributed by atoms with Crippen molar-refractivity contribution < 1.29 is 13.2 Å². The van der Waals surface area contributed by atoms with Gasteiger partial charge in [0.05, 0.1) is 17.3 Å². The van der Waals surface area contributed by atoms with E-state index in [1.165, 1.54) is 23.1 Å². The summed E-state index contributed by atoms with van der Waals surface area (Å²) in [6, 6.07) is 17.3. The van der Waals surface area contributed by atoms with E-state index in [2.05, 4.69) is 15.5 Å². The van der Waals surface area contributed by atoms with Crippen molar-refractivity contribution in [3.8, 4) is 0 Å². The summed E-state index contributed by atoms with van der Waals surface area (Å²) in [5, 5.41) is 12.3. The number of hydrogen-bond donors (Lipinski definition) is 1. The smallest absolute Gasteiger partial charge is 0.233 e. The lowest BCUT2D eigenvalue weighted by molar-refractivity contribution is -0.130. The van der Waals surface area contributed by atoms with Crippen molar-refractivity contribution in [1.82, 2.24) is 15.1 Å². The van der Waals surface area contributed by atoms with E-state index in [0.717, 1.165) is 16.8 Å². The summed E-state index contributed by atoms with van der Waals surface area (Å²) in [4.78, 5) is 14.8. The topological polar surface area (TPSA) is 92.3 Å². The van der Waals surface area contributed by atoms with Crippen LogP contribution in [-0.4, -0.2) is 52.7 Å². The number of nitrogens with one attached hydrogen (secondary N) is 1. The van der Waals surface area contributed by atoms with Crippen molar-refractivity contribution in [2.45, 2.75) is 30.3 Å². The molecule has 1 amide bonds. The molecule has 0 bridgehead atoms. The number of rotatable bonds is 8. The minimum Gasteiger partial charge on any atom is -0.334 e. The Bertz CT molecular complexity index is 1180. The summed E-state index contributed by atoms with van der Waals surface area (Å²) in [5.41, 5.74) is 3.05. The van der Waals surface area contributed by atoms with Crippen molar-refractivity contribution in [3.63, 3.8) is 0 Å². The van der Waals surface area contributed by atoms with Crippen LogP contribution in [0.2, 0.25) is 0 Å². The van der Waals surface area contributed by atoms with E-state index in [9.17, 15) is 13.2 Å². The Kier molecular flexibility index (Phi) is 7.12. The number of sulfone groups is 1. The number of hydrogen-bond acceptors (Lipinski definition) is 8. The van der Waals surface area contributed by atoms with Crippen LogP contribution in [0.15, 0.2) is 58.9 Å². The Balaban J connectivity index is 1.41. The fourth-order valence-corrected chi connectivity index (χ4v) is 6.96. The molecule has 10 heteroatoms. The molecular formula is C22H24N4O3S3. The van der Waals surface area contributed by atoms with Crippen molar-refractivity contribution in [3.05, 3.63) is 65.7 Å². The number of amides is 1. The van der Waals surface area contributed by atoms with Crippen molar-refractivity contribution in [2.75, 3.05) is 22.6 Å². The van der Waals surface area contributed by atoms with Crippen LogP contribution in [-0.2, 0) is 21.2 Å². The molecular weight excluding hydrogens is 464 g/mol. The fraction of sp³-hybridized carbons (Fsp3) is 0.318. The zero-order valence-electron chi connectivity index (χ0n) is 17.6. The van der Waals surface area contributed by atoms with E-state index in [0.29, 0.717) is 22.4 Å². The van der Waals surface area contributed by atoms with Gasteiger partial charge in [0.25, 0.3) is 0 Å². The van der Waals surface area contributed by atoms with Gasteiger partial charge in [-0.15, -0.1) is 10.2 Å². The summed E-state index contributed by atoms with van der Waals surface area (Å²) in [6.45, 7) is 2.42. The van der Waals surface area contributed by atoms with Gasteiger partial charge in [0, 0.05) is 18.3 Å². The largest absolute Gasteiger partial charge is 0.334 e. The maximum Gasteiger partial charge on any atom is 0.233 e. The molecule has 32 heavy (non-hydrogen) atoms. The third-order valence-corrected chi connectivity index (χ3v) is 8.98. The number of carbonyl (C=O) groups is 1. The van der Waals surface area contributed by atoms with Gasteiger partial charge in [-0.1, -0.05) is 71.6 Å². The quantitative estimate of drug-likeness (QED) is 0.481. The predicted molar refractivity (Wildman–Crippen MR) is 129 cm³/mol. The van der Waals surface area contributed by atoms with Crippen molar-refractivity contribution >= 4 is 49.7 Å². The molecule has 1 saturated heterocycles. The van der Waals surface area contributed by atoms with E-state index in [-0.39, 0.29) is 29.2 Å². The molecule has 7 nitrogen and oxygen atoms in total. The molecule has 0 aliphatic carbocycles. The lowest BCUT2D eigenvalue weighted by Crippen LogP contribution is -2.41. The van der Waals surface area contributed by atoms with Gasteiger partial charge in [-0.05, 0) is 30.5 Å². The monoisotopic (exact) mass is 488 g/mol. The second-order valence-corrected chi connectivity index (χ2v) is 12.1. The van der Waals surface area contributed by atoms with Gasteiger partial charge in [-0.2, -0.15) is 0 Å². The number of para-hydroxylation sites is 1. The first-order valence-corrected chi connectivity index (χ1v) is 13.8. The number of aryl methyl sites for hydroxylation is 1. The first kappa shape index (κ1) is 22.8. The zero-order valence-corrected chi connectivity index (χ0v) is 20.0. The predicted octanol–water partition coefficient (Wildman–Crippen LogP) is 3.90. The SMILES string of the molecule is Cc1ccccc1Nc1nnc(SCC(=O)N(Cc2ccccc2)[C@H]2CCS(=O)(=O)C2)s1. The lowest BCUT2D eigenvalue weighted by atomic mass is 10.1. The second kappa shape index (κ2) is 10.0. The number of benzene rings is 2. The minimum atomic E-state index is -3.09. The Morgan fingerprint density at radius 3 is 2.62 bits per heavy atom. The maximum atomic E-state index is 13.1. The highest BCUT2D eigenvalue weighted by atomic mass is 32.2. The molecule has 0 radical (unpaired) electrons. The molecule has 168 valence electrons. The van der Waals surface area contributed by atoms with Crippen LogP contribution in [0, 0.1) is 6.92 Å². The molecule has 0 unspecified atom stereocenters. The van der Waals surface area contributed by atoms with Gasteiger partial charge in [0.1, 0.15) is 0 Å². The Labute approximate surface area is 196 Å². The number of carbonyl (C=O) groups excluding carboxylic acids is 1. The summed E-state index contributed by atoms with van der Waals surface area (Å²) >= 11 is 2.72. The Morgan fingerprint density at radius 1 is 1.16 bits per heavy atom. The van der Waals surface area contributed by atoms with Gasteiger partial charge < -0.3 is 10.2 Å². The van der Waals surface area contributed by atoms with Gasteiger partial charge in [-0.25, -0.2) is 8.42 Å².